The second-order valence-electron chi connectivity index (χ2n) is 6.58. The van der Waals surface area contributed by atoms with Crippen LogP contribution in [0.2, 0.25) is 0 Å². The minimum absolute atomic E-state index is 0.215. The third-order valence-corrected chi connectivity index (χ3v) is 4.68. The third-order valence-electron chi connectivity index (χ3n) is 4.68. The topological polar surface area (TPSA) is 83.6 Å². The van der Waals surface area contributed by atoms with E-state index in [1.54, 1.807) is 18.2 Å². The van der Waals surface area contributed by atoms with E-state index >= 15 is 0 Å². The number of carbonyl (C=O) groups is 2. The Morgan fingerprint density at radius 1 is 1.04 bits per heavy atom. The van der Waals surface area contributed by atoms with Crippen LogP contribution in [0.15, 0.2) is 42.5 Å². The molecule has 0 spiro atoms. The van der Waals surface area contributed by atoms with Crippen molar-refractivity contribution in [2.75, 3.05) is 44.7 Å². The number of nitrogens with zero attached hydrogens (tertiary/aromatic N) is 2. The summed E-state index contributed by atoms with van der Waals surface area (Å²) in [5.41, 5.74) is 2.26. The number of carbonyl (C=O) groups excluding carboxylic acids is 2. The Morgan fingerprint density at radius 2 is 1.75 bits per heavy atom. The Labute approximate surface area is 165 Å². The number of aromatic nitrogens is 1. The van der Waals surface area contributed by atoms with E-state index in [0.29, 0.717) is 6.54 Å². The smallest absolute Gasteiger partial charge is 0.274 e. The molecule has 1 aromatic heterocycles. The van der Waals surface area contributed by atoms with Crippen molar-refractivity contribution in [3.05, 3.63) is 59.4 Å². The molecular formula is C21H26N4O3. The SMILES string of the molecule is CCc1ccccc1NC(=O)c1cccc(C(=O)NCCN2CCOCC2)n1. The molecule has 0 aliphatic carbocycles. The van der Waals surface area contributed by atoms with Crippen molar-refractivity contribution in [2.24, 2.45) is 0 Å². The lowest BCUT2D eigenvalue weighted by Gasteiger charge is -2.26. The van der Waals surface area contributed by atoms with Crippen molar-refractivity contribution in [1.29, 1.82) is 0 Å². The molecule has 1 aliphatic heterocycles. The zero-order chi connectivity index (χ0) is 19.8. The maximum absolute atomic E-state index is 12.6. The summed E-state index contributed by atoms with van der Waals surface area (Å²) in [6, 6.07) is 12.5. The Morgan fingerprint density at radius 3 is 2.50 bits per heavy atom. The average Bonchev–Trinajstić information content (AvgIpc) is 2.75. The summed E-state index contributed by atoms with van der Waals surface area (Å²) >= 11 is 0. The molecule has 28 heavy (non-hydrogen) atoms. The lowest BCUT2D eigenvalue weighted by molar-refractivity contribution is 0.0383. The van der Waals surface area contributed by atoms with Crippen molar-refractivity contribution in [3.8, 4) is 0 Å². The van der Waals surface area contributed by atoms with Gasteiger partial charge in [-0.2, -0.15) is 0 Å². The maximum Gasteiger partial charge on any atom is 0.274 e. The number of hydrogen-bond donors (Lipinski definition) is 2. The first-order valence-electron chi connectivity index (χ1n) is 9.62. The summed E-state index contributed by atoms with van der Waals surface area (Å²) in [7, 11) is 0. The number of hydrogen-bond acceptors (Lipinski definition) is 5. The first-order chi connectivity index (χ1) is 13.7. The predicted octanol–water partition coefficient (Wildman–Crippen LogP) is 1.96. The van der Waals surface area contributed by atoms with Gasteiger partial charge in [0.15, 0.2) is 0 Å². The Kier molecular flexibility index (Phi) is 7.11. The molecule has 2 amide bonds. The first kappa shape index (κ1) is 20.0. The van der Waals surface area contributed by atoms with Crippen LogP contribution in [0.1, 0.15) is 33.5 Å². The van der Waals surface area contributed by atoms with E-state index in [4.69, 9.17) is 4.74 Å². The lowest BCUT2D eigenvalue weighted by Crippen LogP contribution is -2.41. The van der Waals surface area contributed by atoms with E-state index in [9.17, 15) is 9.59 Å². The van der Waals surface area contributed by atoms with Gasteiger partial charge in [-0.25, -0.2) is 4.98 Å². The van der Waals surface area contributed by atoms with Crippen LogP contribution in [0, 0.1) is 0 Å². The van der Waals surface area contributed by atoms with Gasteiger partial charge >= 0.3 is 0 Å². The molecule has 1 aromatic carbocycles. The molecule has 0 saturated carbocycles. The molecule has 3 rings (SSSR count). The van der Waals surface area contributed by atoms with Gasteiger partial charge in [-0.3, -0.25) is 14.5 Å². The molecule has 1 saturated heterocycles. The van der Waals surface area contributed by atoms with Gasteiger partial charge in [0.1, 0.15) is 11.4 Å². The van der Waals surface area contributed by atoms with Crippen molar-refractivity contribution in [2.45, 2.75) is 13.3 Å². The number of morpholine rings is 1. The zero-order valence-corrected chi connectivity index (χ0v) is 16.1. The van der Waals surface area contributed by atoms with Crippen LogP contribution in [0.5, 0.6) is 0 Å². The first-order valence-corrected chi connectivity index (χ1v) is 9.62. The summed E-state index contributed by atoms with van der Waals surface area (Å²) in [5, 5.41) is 5.74. The van der Waals surface area contributed by atoms with Crippen LogP contribution in [-0.2, 0) is 11.2 Å². The maximum atomic E-state index is 12.6. The number of ether oxygens (including phenoxy) is 1. The van der Waals surface area contributed by atoms with Gasteiger partial charge in [-0.15, -0.1) is 0 Å². The minimum atomic E-state index is -0.330. The predicted molar refractivity (Wildman–Crippen MR) is 108 cm³/mol. The normalized spacial score (nSPS) is 14.5. The van der Waals surface area contributed by atoms with Gasteiger partial charge in [0, 0.05) is 31.9 Å². The van der Waals surface area contributed by atoms with E-state index in [1.165, 1.54) is 0 Å². The molecule has 1 fully saturated rings. The molecule has 2 aromatic rings. The van der Waals surface area contributed by atoms with Crippen LogP contribution in [0.25, 0.3) is 0 Å². The highest BCUT2D eigenvalue weighted by molar-refractivity contribution is 6.04. The molecule has 7 nitrogen and oxygen atoms in total. The van der Waals surface area contributed by atoms with Crippen molar-refractivity contribution < 1.29 is 14.3 Å². The number of pyridine rings is 1. The summed E-state index contributed by atoms with van der Waals surface area (Å²) in [4.78, 5) is 31.4. The highest BCUT2D eigenvalue weighted by atomic mass is 16.5. The van der Waals surface area contributed by atoms with E-state index < -0.39 is 0 Å². The molecule has 0 radical (unpaired) electrons. The Balaban J connectivity index is 1.57. The molecule has 0 atom stereocenters. The zero-order valence-electron chi connectivity index (χ0n) is 16.1. The van der Waals surface area contributed by atoms with Crippen LogP contribution in [-0.4, -0.2) is 61.1 Å². The third kappa shape index (κ3) is 5.37. The number of nitrogens with one attached hydrogen (secondary N) is 2. The van der Waals surface area contributed by atoms with Gasteiger partial charge in [0.25, 0.3) is 11.8 Å². The van der Waals surface area contributed by atoms with E-state index in [1.807, 2.05) is 31.2 Å². The fraction of sp³-hybridized carbons (Fsp3) is 0.381. The van der Waals surface area contributed by atoms with Gasteiger partial charge in [0.2, 0.25) is 0 Å². The summed E-state index contributed by atoms with van der Waals surface area (Å²) in [6.45, 7) is 6.54. The second-order valence-corrected chi connectivity index (χ2v) is 6.58. The molecule has 2 heterocycles. The number of rotatable bonds is 7. The summed E-state index contributed by atoms with van der Waals surface area (Å²) in [6.07, 6.45) is 0.815. The molecule has 7 heteroatoms. The number of para-hydroxylation sites is 1. The van der Waals surface area contributed by atoms with Crippen molar-refractivity contribution >= 4 is 17.5 Å². The molecular weight excluding hydrogens is 356 g/mol. The van der Waals surface area contributed by atoms with E-state index in [0.717, 1.165) is 50.5 Å². The van der Waals surface area contributed by atoms with Crippen LogP contribution < -0.4 is 10.6 Å². The quantitative estimate of drug-likeness (QED) is 0.765. The lowest BCUT2D eigenvalue weighted by atomic mass is 10.1. The van der Waals surface area contributed by atoms with Crippen LogP contribution in [0.4, 0.5) is 5.69 Å². The van der Waals surface area contributed by atoms with Crippen LogP contribution >= 0.6 is 0 Å². The molecule has 148 valence electrons. The van der Waals surface area contributed by atoms with Crippen molar-refractivity contribution in [3.63, 3.8) is 0 Å². The highest BCUT2D eigenvalue weighted by Crippen LogP contribution is 2.16. The second kappa shape index (κ2) is 9.96. The molecule has 0 unspecified atom stereocenters. The monoisotopic (exact) mass is 382 g/mol. The Hall–Kier alpha value is -2.77. The minimum Gasteiger partial charge on any atom is -0.379 e. The van der Waals surface area contributed by atoms with Gasteiger partial charge in [-0.1, -0.05) is 31.2 Å². The van der Waals surface area contributed by atoms with Gasteiger partial charge in [0.05, 0.1) is 13.2 Å². The van der Waals surface area contributed by atoms with Gasteiger partial charge in [-0.05, 0) is 30.2 Å². The summed E-state index contributed by atoms with van der Waals surface area (Å²) < 4.78 is 5.31. The summed E-state index contributed by atoms with van der Waals surface area (Å²) in [5.74, 6) is -0.610. The number of aryl methyl sites for hydroxylation is 1. The standard InChI is InChI=1S/C21H26N4O3/c1-2-16-6-3-4-7-17(16)24-21(27)19-9-5-8-18(23-19)20(26)22-10-11-25-12-14-28-15-13-25/h3-9H,2,10-15H2,1H3,(H,22,26)(H,24,27). The van der Waals surface area contributed by atoms with Crippen molar-refractivity contribution in [1.82, 2.24) is 15.2 Å². The molecule has 0 bridgehead atoms. The van der Waals surface area contributed by atoms with E-state index in [2.05, 4.69) is 20.5 Å². The van der Waals surface area contributed by atoms with E-state index in [-0.39, 0.29) is 23.2 Å². The Bertz CT molecular complexity index is 819. The fourth-order valence-electron chi connectivity index (χ4n) is 3.07. The number of anilines is 1. The molecule has 1 aliphatic rings. The number of benzene rings is 1. The van der Waals surface area contributed by atoms with Crippen LogP contribution in [0.3, 0.4) is 0 Å². The highest BCUT2D eigenvalue weighted by Gasteiger charge is 2.14. The molecule has 2 N–H and O–H groups in total. The number of amides is 2. The average molecular weight is 382 g/mol. The fourth-order valence-corrected chi connectivity index (χ4v) is 3.07. The van der Waals surface area contributed by atoms with Gasteiger partial charge < -0.3 is 15.4 Å². The largest absolute Gasteiger partial charge is 0.379 e.